The van der Waals surface area contributed by atoms with E-state index in [1.165, 1.54) is 12.8 Å². The van der Waals surface area contributed by atoms with E-state index in [1.807, 2.05) is 0 Å². The summed E-state index contributed by atoms with van der Waals surface area (Å²) >= 11 is 0. The summed E-state index contributed by atoms with van der Waals surface area (Å²) in [5.41, 5.74) is 2.65. The third-order valence-electron chi connectivity index (χ3n) is 2.48. The van der Waals surface area contributed by atoms with Crippen LogP contribution in [0.25, 0.3) is 0 Å². The molecule has 82 valence electrons. The molecule has 0 unspecified atom stereocenters. The number of nitrogens with zero attached hydrogens (tertiary/aromatic N) is 1. The zero-order chi connectivity index (χ0) is 10.7. The van der Waals surface area contributed by atoms with Crippen molar-refractivity contribution in [3.8, 4) is 0 Å². The van der Waals surface area contributed by atoms with E-state index in [9.17, 15) is 4.79 Å². The Morgan fingerprint density at radius 2 is 2.33 bits per heavy atom. The molecule has 1 heterocycles. The molecule has 0 bridgehead atoms. The molecule has 1 aliphatic rings. The van der Waals surface area contributed by atoms with Crippen molar-refractivity contribution in [3.63, 3.8) is 0 Å². The highest BCUT2D eigenvalue weighted by Gasteiger charge is 2.18. The largest absolute Gasteiger partial charge is 0.361 e. The molecular formula is C10H14N2O3. The molecule has 1 aliphatic carbocycles. The van der Waals surface area contributed by atoms with E-state index in [4.69, 9.17) is 9.36 Å². The fourth-order valence-electron chi connectivity index (χ4n) is 1.67. The molecule has 1 saturated carbocycles. The number of aryl methyl sites for hydroxylation is 1. The van der Waals surface area contributed by atoms with Gasteiger partial charge in [-0.3, -0.25) is 9.63 Å². The molecule has 1 amide bonds. The van der Waals surface area contributed by atoms with Gasteiger partial charge in [0.1, 0.15) is 5.76 Å². The van der Waals surface area contributed by atoms with Gasteiger partial charge in [0, 0.05) is 6.07 Å². The Morgan fingerprint density at radius 3 is 2.93 bits per heavy atom. The minimum absolute atomic E-state index is 0.155. The number of amides is 1. The van der Waals surface area contributed by atoms with Gasteiger partial charge in [0.05, 0.1) is 6.10 Å². The maximum Gasteiger partial charge on any atom is 0.297 e. The van der Waals surface area contributed by atoms with Crippen LogP contribution in [0.3, 0.4) is 0 Å². The van der Waals surface area contributed by atoms with Crippen molar-refractivity contribution < 1.29 is 14.2 Å². The van der Waals surface area contributed by atoms with Crippen LogP contribution in [-0.4, -0.2) is 17.2 Å². The van der Waals surface area contributed by atoms with Crippen molar-refractivity contribution in [2.75, 3.05) is 0 Å². The molecule has 0 radical (unpaired) electrons. The topological polar surface area (TPSA) is 64.4 Å². The molecule has 5 heteroatoms. The summed E-state index contributed by atoms with van der Waals surface area (Å²) in [7, 11) is 0. The first-order chi connectivity index (χ1) is 7.25. The van der Waals surface area contributed by atoms with E-state index >= 15 is 0 Å². The zero-order valence-electron chi connectivity index (χ0n) is 8.66. The van der Waals surface area contributed by atoms with Gasteiger partial charge in [-0.2, -0.15) is 0 Å². The standard InChI is InChI=1S/C10H14N2O3/c1-7-6-9(11-14-7)10(13)12-15-8-4-2-3-5-8/h6,8H,2-5H2,1H3,(H,12,13). The SMILES string of the molecule is Cc1cc(C(=O)NOC2CCCC2)no1. The van der Waals surface area contributed by atoms with Crippen LogP contribution in [0.4, 0.5) is 0 Å². The van der Waals surface area contributed by atoms with E-state index < -0.39 is 0 Å². The van der Waals surface area contributed by atoms with Crippen molar-refractivity contribution in [2.45, 2.75) is 38.7 Å². The van der Waals surface area contributed by atoms with Crippen LogP contribution in [0.1, 0.15) is 41.9 Å². The molecule has 0 atom stereocenters. The van der Waals surface area contributed by atoms with E-state index in [0.717, 1.165) is 12.8 Å². The van der Waals surface area contributed by atoms with Crippen molar-refractivity contribution in [1.29, 1.82) is 0 Å². The summed E-state index contributed by atoms with van der Waals surface area (Å²) in [6.45, 7) is 1.74. The number of carbonyl (C=O) groups excluding carboxylic acids is 1. The van der Waals surface area contributed by atoms with Crippen LogP contribution in [0.2, 0.25) is 0 Å². The number of rotatable bonds is 3. The summed E-state index contributed by atoms with van der Waals surface area (Å²) in [6.07, 6.45) is 4.52. The Bertz CT molecular complexity index is 342. The molecule has 0 aromatic carbocycles. The monoisotopic (exact) mass is 210 g/mol. The minimum atomic E-state index is -0.348. The Morgan fingerprint density at radius 1 is 1.60 bits per heavy atom. The molecule has 0 aliphatic heterocycles. The van der Waals surface area contributed by atoms with Gasteiger partial charge in [-0.25, -0.2) is 5.48 Å². The normalized spacial score (nSPS) is 16.9. The predicted octanol–water partition coefficient (Wildman–Crippen LogP) is 1.59. The lowest BCUT2D eigenvalue weighted by Crippen LogP contribution is -2.28. The van der Waals surface area contributed by atoms with Gasteiger partial charge in [-0.1, -0.05) is 18.0 Å². The molecule has 1 aromatic rings. The van der Waals surface area contributed by atoms with Crippen LogP contribution in [0, 0.1) is 6.92 Å². The molecule has 0 saturated heterocycles. The highest BCUT2D eigenvalue weighted by molar-refractivity contribution is 5.91. The average molecular weight is 210 g/mol. The predicted molar refractivity (Wildman–Crippen MR) is 52.0 cm³/mol. The zero-order valence-corrected chi connectivity index (χ0v) is 8.66. The number of nitrogens with one attached hydrogen (secondary N) is 1. The van der Waals surface area contributed by atoms with Gasteiger partial charge in [0.15, 0.2) is 5.69 Å². The van der Waals surface area contributed by atoms with Crippen molar-refractivity contribution in [1.82, 2.24) is 10.6 Å². The average Bonchev–Trinajstić information content (AvgIpc) is 2.84. The van der Waals surface area contributed by atoms with Crippen molar-refractivity contribution in [3.05, 3.63) is 17.5 Å². The van der Waals surface area contributed by atoms with Gasteiger partial charge in [-0.05, 0) is 19.8 Å². The fourth-order valence-corrected chi connectivity index (χ4v) is 1.67. The maximum atomic E-state index is 11.5. The molecule has 1 aromatic heterocycles. The van der Waals surface area contributed by atoms with Gasteiger partial charge in [0.2, 0.25) is 0 Å². The summed E-state index contributed by atoms with van der Waals surface area (Å²) < 4.78 is 4.79. The van der Waals surface area contributed by atoms with E-state index in [2.05, 4.69) is 10.6 Å². The summed E-state index contributed by atoms with van der Waals surface area (Å²) in [4.78, 5) is 16.7. The lowest BCUT2D eigenvalue weighted by atomic mass is 10.3. The number of hydrogen-bond donors (Lipinski definition) is 1. The van der Waals surface area contributed by atoms with Crippen LogP contribution in [0.15, 0.2) is 10.6 Å². The van der Waals surface area contributed by atoms with Gasteiger partial charge in [-0.15, -0.1) is 0 Å². The highest BCUT2D eigenvalue weighted by atomic mass is 16.7. The molecule has 5 nitrogen and oxygen atoms in total. The molecular weight excluding hydrogens is 196 g/mol. The van der Waals surface area contributed by atoms with Gasteiger partial charge < -0.3 is 4.52 Å². The van der Waals surface area contributed by atoms with Crippen molar-refractivity contribution in [2.24, 2.45) is 0 Å². The summed E-state index contributed by atoms with van der Waals surface area (Å²) in [6, 6.07) is 1.58. The first-order valence-electron chi connectivity index (χ1n) is 5.15. The van der Waals surface area contributed by atoms with Crippen LogP contribution in [-0.2, 0) is 4.84 Å². The number of carbonyl (C=O) groups is 1. The van der Waals surface area contributed by atoms with Gasteiger partial charge in [0.25, 0.3) is 5.91 Å². The molecule has 15 heavy (non-hydrogen) atoms. The third-order valence-corrected chi connectivity index (χ3v) is 2.48. The molecule has 2 rings (SSSR count). The van der Waals surface area contributed by atoms with Crippen LogP contribution in [0.5, 0.6) is 0 Å². The Balaban J connectivity index is 1.81. The lowest BCUT2D eigenvalue weighted by molar-refractivity contribution is -0.0129. The summed E-state index contributed by atoms with van der Waals surface area (Å²) in [5.74, 6) is 0.264. The summed E-state index contributed by atoms with van der Waals surface area (Å²) in [5, 5.41) is 3.59. The Kier molecular flexibility index (Phi) is 3.01. The van der Waals surface area contributed by atoms with Crippen LogP contribution >= 0.6 is 0 Å². The third kappa shape index (κ3) is 2.56. The number of hydroxylamine groups is 1. The quantitative estimate of drug-likeness (QED) is 0.769. The minimum Gasteiger partial charge on any atom is -0.361 e. The second-order valence-corrected chi connectivity index (χ2v) is 3.78. The first kappa shape index (κ1) is 10.2. The first-order valence-corrected chi connectivity index (χ1v) is 5.15. The number of hydrogen-bond acceptors (Lipinski definition) is 4. The second kappa shape index (κ2) is 4.44. The Labute approximate surface area is 87.7 Å². The molecule has 0 spiro atoms. The lowest BCUT2D eigenvalue weighted by Gasteiger charge is -2.09. The Hall–Kier alpha value is -1.36. The molecule has 1 fully saturated rings. The number of aromatic nitrogens is 1. The highest BCUT2D eigenvalue weighted by Crippen LogP contribution is 2.19. The smallest absolute Gasteiger partial charge is 0.297 e. The van der Waals surface area contributed by atoms with Gasteiger partial charge >= 0.3 is 0 Å². The van der Waals surface area contributed by atoms with E-state index in [-0.39, 0.29) is 17.7 Å². The van der Waals surface area contributed by atoms with E-state index in [0.29, 0.717) is 5.76 Å². The second-order valence-electron chi connectivity index (χ2n) is 3.78. The van der Waals surface area contributed by atoms with Crippen molar-refractivity contribution >= 4 is 5.91 Å². The fraction of sp³-hybridized carbons (Fsp3) is 0.600. The molecule has 1 N–H and O–H groups in total. The van der Waals surface area contributed by atoms with E-state index in [1.54, 1.807) is 13.0 Å². The maximum absolute atomic E-state index is 11.5. The van der Waals surface area contributed by atoms with Crippen LogP contribution < -0.4 is 5.48 Å².